The van der Waals surface area contributed by atoms with Crippen molar-refractivity contribution in [3.63, 3.8) is 0 Å². The first-order valence-electron chi connectivity index (χ1n) is 10.3. The second-order valence-electron chi connectivity index (χ2n) is 8.65. The number of likely N-dealkylation sites (tertiary alicyclic amines) is 1. The molecule has 0 bridgehead atoms. The number of nitrogens with zero attached hydrogens (tertiary/aromatic N) is 5. The van der Waals surface area contributed by atoms with E-state index in [1.54, 1.807) is 19.3 Å². The SMILES string of the molecule is CN1CC[C@]2(C1)CN(c1nc(N)ncc1Cl)c1cc(C#C[C@](C)(O)c3nccs3)ccc12. The van der Waals surface area contributed by atoms with E-state index in [0.717, 1.165) is 37.3 Å². The summed E-state index contributed by atoms with van der Waals surface area (Å²) in [6.07, 6.45) is 4.26. The largest absolute Gasteiger partial charge is 0.371 e. The highest BCUT2D eigenvalue weighted by Crippen LogP contribution is 2.49. The second-order valence-corrected chi connectivity index (χ2v) is 9.95. The Hall–Kier alpha value is -2.70. The molecule has 2 aliphatic rings. The Labute approximate surface area is 195 Å². The molecule has 0 radical (unpaired) electrons. The third-order valence-corrected chi connectivity index (χ3v) is 7.41. The molecule has 4 heterocycles. The zero-order valence-corrected chi connectivity index (χ0v) is 19.4. The third kappa shape index (κ3) is 3.61. The molecule has 2 aliphatic heterocycles. The fourth-order valence-corrected chi connectivity index (χ4v) is 5.49. The predicted molar refractivity (Wildman–Crippen MR) is 127 cm³/mol. The number of hydrogen-bond acceptors (Lipinski definition) is 8. The summed E-state index contributed by atoms with van der Waals surface area (Å²) in [5.74, 6) is 6.88. The van der Waals surface area contributed by atoms with E-state index in [1.165, 1.54) is 16.9 Å². The van der Waals surface area contributed by atoms with Crippen molar-refractivity contribution >= 4 is 40.4 Å². The minimum Gasteiger partial charge on any atom is -0.371 e. The van der Waals surface area contributed by atoms with Crippen molar-refractivity contribution in [1.29, 1.82) is 0 Å². The number of fused-ring (bicyclic) bond motifs is 2. The smallest absolute Gasteiger partial charge is 0.222 e. The lowest BCUT2D eigenvalue weighted by atomic mass is 9.81. The maximum Gasteiger partial charge on any atom is 0.222 e. The highest BCUT2D eigenvalue weighted by molar-refractivity contribution is 7.09. The number of anilines is 3. The van der Waals surface area contributed by atoms with Crippen LogP contribution in [0.5, 0.6) is 0 Å². The van der Waals surface area contributed by atoms with E-state index >= 15 is 0 Å². The standard InChI is InChI=1S/C23H23ClN6OS/c1-22(31,20-26-8-10-32-20)6-5-15-3-4-16-18(11-15)30(14-23(16)7-9-29(2)13-23)19-17(24)12-27-21(25)28-19/h3-4,8,10-12,31H,7,9,13-14H2,1-2H3,(H2,25,27,28)/t22-,23-/m0/s1. The van der Waals surface area contributed by atoms with E-state index in [0.29, 0.717) is 15.8 Å². The Kier molecular flexibility index (Phi) is 5.10. The van der Waals surface area contributed by atoms with Gasteiger partial charge in [-0.25, -0.2) is 9.97 Å². The van der Waals surface area contributed by atoms with Crippen LogP contribution in [0.15, 0.2) is 36.0 Å². The number of hydrogen-bond donors (Lipinski definition) is 2. The molecular weight excluding hydrogens is 444 g/mol. The summed E-state index contributed by atoms with van der Waals surface area (Å²) in [5.41, 5.74) is 7.63. The van der Waals surface area contributed by atoms with Gasteiger partial charge in [0.1, 0.15) is 10.0 Å². The first-order chi connectivity index (χ1) is 15.3. The summed E-state index contributed by atoms with van der Waals surface area (Å²) in [4.78, 5) is 17.1. The van der Waals surface area contributed by atoms with E-state index in [9.17, 15) is 5.11 Å². The number of aliphatic hydroxyl groups is 1. The van der Waals surface area contributed by atoms with Gasteiger partial charge in [0.05, 0.1) is 6.20 Å². The number of rotatable bonds is 2. The zero-order valence-electron chi connectivity index (χ0n) is 17.8. The normalized spacial score (nSPS) is 21.9. The van der Waals surface area contributed by atoms with Crippen LogP contribution in [-0.4, -0.2) is 51.6 Å². The minimum atomic E-state index is -1.31. The molecule has 164 valence electrons. The lowest BCUT2D eigenvalue weighted by Gasteiger charge is -2.25. The molecule has 0 aliphatic carbocycles. The van der Waals surface area contributed by atoms with Crippen molar-refractivity contribution in [1.82, 2.24) is 19.9 Å². The Bertz CT molecular complexity index is 1240. The van der Waals surface area contributed by atoms with Crippen molar-refractivity contribution < 1.29 is 5.11 Å². The maximum atomic E-state index is 10.7. The summed E-state index contributed by atoms with van der Waals surface area (Å²) in [6.45, 7) is 4.41. The molecule has 1 saturated heterocycles. The summed E-state index contributed by atoms with van der Waals surface area (Å²) in [7, 11) is 2.15. The second kappa shape index (κ2) is 7.71. The molecule has 7 nitrogen and oxygen atoms in total. The van der Waals surface area contributed by atoms with Gasteiger partial charge in [-0.1, -0.05) is 29.5 Å². The molecule has 2 aromatic heterocycles. The molecule has 32 heavy (non-hydrogen) atoms. The number of benzene rings is 1. The Morgan fingerprint density at radius 1 is 1.31 bits per heavy atom. The lowest BCUT2D eigenvalue weighted by molar-refractivity contribution is 0.122. The monoisotopic (exact) mass is 466 g/mol. The first kappa shape index (κ1) is 21.2. The van der Waals surface area contributed by atoms with Crippen LogP contribution < -0.4 is 10.6 Å². The number of likely N-dealkylation sites (N-methyl/N-ethyl adjacent to an activating group) is 1. The van der Waals surface area contributed by atoms with Gasteiger partial charge < -0.3 is 20.6 Å². The van der Waals surface area contributed by atoms with Crippen molar-refractivity contribution in [3.8, 4) is 11.8 Å². The van der Waals surface area contributed by atoms with Crippen LogP contribution in [0.2, 0.25) is 5.02 Å². The van der Waals surface area contributed by atoms with Gasteiger partial charge in [0.2, 0.25) is 5.95 Å². The average molecular weight is 467 g/mol. The first-order valence-corrected chi connectivity index (χ1v) is 11.6. The van der Waals surface area contributed by atoms with Crippen LogP contribution in [0.1, 0.15) is 29.5 Å². The zero-order chi connectivity index (χ0) is 22.5. The molecule has 5 rings (SSSR count). The van der Waals surface area contributed by atoms with E-state index < -0.39 is 5.60 Å². The van der Waals surface area contributed by atoms with Crippen molar-refractivity contribution in [2.75, 3.05) is 37.3 Å². The predicted octanol–water partition coefficient (Wildman–Crippen LogP) is 3.15. The number of halogens is 1. The van der Waals surface area contributed by atoms with Crippen molar-refractivity contribution in [3.05, 3.63) is 57.1 Å². The molecule has 3 aromatic rings. The van der Waals surface area contributed by atoms with E-state index in [4.69, 9.17) is 17.3 Å². The van der Waals surface area contributed by atoms with Gasteiger partial charge in [-0.2, -0.15) is 4.98 Å². The van der Waals surface area contributed by atoms with Crippen LogP contribution in [0.4, 0.5) is 17.5 Å². The quantitative estimate of drug-likeness (QED) is 0.560. The molecule has 1 spiro atoms. The van der Waals surface area contributed by atoms with E-state index in [2.05, 4.69) is 49.7 Å². The van der Waals surface area contributed by atoms with Gasteiger partial charge in [-0.3, -0.25) is 0 Å². The van der Waals surface area contributed by atoms with Crippen LogP contribution in [-0.2, 0) is 11.0 Å². The van der Waals surface area contributed by atoms with Gasteiger partial charge in [-0.15, -0.1) is 11.3 Å². The molecule has 2 atom stereocenters. The highest BCUT2D eigenvalue weighted by Gasteiger charge is 2.47. The van der Waals surface area contributed by atoms with Gasteiger partial charge in [0.15, 0.2) is 11.4 Å². The Balaban J connectivity index is 1.58. The summed E-state index contributed by atoms with van der Waals surface area (Å²) in [6, 6.07) is 6.21. The number of nitrogens with two attached hydrogens (primary N) is 1. The molecule has 0 unspecified atom stereocenters. The molecule has 3 N–H and O–H groups in total. The topological polar surface area (TPSA) is 91.4 Å². The molecule has 0 saturated carbocycles. The van der Waals surface area contributed by atoms with E-state index in [1.807, 2.05) is 17.5 Å². The maximum absolute atomic E-state index is 10.7. The molecular formula is C23H23ClN6OS. The molecule has 9 heteroatoms. The van der Waals surface area contributed by atoms with Gasteiger partial charge in [-0.05, 0) is 44.6 Å². The lowest BCUT2D eigenvalue weighted by Crippen LogP contribution is -2.34. The van der Waals surface area contributed by atoms with Crippen LogP contribution in [0.3, 0.4) is 0 Å². The molecule has 1 fully saturated rings. The van der Waals surface area contributed by atoms with Crippen molar-refractivity contribution in [2.45, 2.75) is 24.4 Å². The summed E-state index contributed by atoms with van der Waals surface area (Å²) in [5, 5.41) is 13.6. The minimum absolute atomic E-state index is 0.00847. The fourth-order valence-electron chi connectivity index (χ4n) is 4.64. The van der Waals surface area contributed by atoms with Gasteiger partial charge >= 0.3 is 0 Å². The highest BCUT2D eigenvalue weighted by atomic mass is 35.5. The number of aromatic nitrogens is 3. The van der Waals surface area contributed by atoms with Crippen LogP contribution >= 0.6 is 22.9 Å². The van der Waals surface area contributed by atoms with Crippen molar-refractivity contribution in [2.24, 2.45) is 0 Å². The number of nitrogen functional groups attached to an aromatic ring is 1. The third-order valence-electron chi connectivity index (χ3n) is 6.16. The Morgan fingerprint density at radius 2 is 2.16 bits per heavy atom. The summed E-state index contributed by atoms with van der Waals surface area (Å²) >= 11 is 7.87. The van der Waals surface area contributed by atoms with Gasteiger partial charge in [0, 0.05) is 41.3 Å². The van der Waals surface area contributed by atoms with Crippen LogP contribution in [0, 0.1) is 11.8 Å². The Morgan fingerprint density at radius 3 is 2.88 bits per heavy atom. The fraction of sp³-hybridized carbons (Fsp3) is 0.348. The van der Waals surface area contributed by atoms with Gasteiger partial charge in [0.25, 0.3) is 0 Å². The molecule has 0 amide bonds. The number of thiazole rings is 1. The van der Waals surface area contributed by atoms with E-state index in [-0.39, 0.29) is 11.4 Å². The van der Waals surface area contributed by atoms with Crippen LogP contribution in [0.25, 0.3) is 0 Å². The average Bonchev–Trinajstić information content (AvgIpc) is 3.49. The summed E-state index contributed by atoms with van der Waals surface area (Å²) < 4.78 is 0. The molecule has 1 aromatic carbocycles.